The third-order valence-electron chi connectivity index (χ3n) is 1.81. The van der Waals surface area contributed by atoms with E-state index in [0.29, 0.717) is 11.6 Å². The molecule has 0 spiro atoms. The molecule has 0 aliphatic rings. The van der Waals surface area contributed by atoms with Crippen LogP contribution in [0, 0.1) is 6.92 Å². The summed E-state index contributed by atoms with van der Waals surface area (Å²) in [4.78, 5) is 0. The quantitative estimate of drug-likeness (QED) is 0.735. The molecule has 0 unspecified atom stereocenters. The van der Waals surface area contributed by atoms with Gasteiger partial charge in [-0.3, -0.25) is 0 Å². The largest absolute Gasteiger partial charge is 0.392 e. The fourth-order valence-corrected chi connectivity index (χ4v) is 1.58. The van der Waals surface area contributed by atoms with Gasteiger partial charge in [0.15, 0.2) is 0 Å². The van der Waals surface area contributed by atoms with E-state index < -0.39 is 0 Å². The molecule has 3 heteroatoms. The zero-order valence-corrected chi connectivity index (χ0v) is 7.73. The summed E-state index contributed by atoms with van der Waals surface area (Å²) in [6.07, 6.45) is 0. The Bertz CT molecular complexity index is 286. The highest BCUT2D eigenvalue weighted by atomic mass is 35.5. The van der Waals surface area contributed by atoms with Gasteiger partial charge in [0.1, 0.15) is 0 Å². The molecule has 0 aromatic heterocycles. The summed E-state index contributed by atoms with van der Waals surface area (Å²) in [5.74, 6) is 0. The van der Waals surface area contributed by atoms with Gasteiger partial charge in [0.2, 0.25) is 0 Å². The van der Waals surface area contributed by atoms with Gasteiger partial charge >= 0.3 is 0 Å². The van der Waals surface area contributed by atoms with Crippen LogP contribution in [0.1, 0.15) is 16.7 Å². The Morgan fingerprint density at radius 2 is 2.17 bits per heavy atom. The lowest BCUT2D eigenvalue weighted by Gasteiger charge is -2.08. The third-order valence-corrected chi connectivity index (χ3v) is 2.14. The number of rotatable bonds is 2. The molecule has 1 aromatic rings. The first-order chi connectivity index (χ1) is 5.69. The Morgan fingerprint density at radius 1 is 1.50 bits per heavy atom. The molecule has 0 aliphatic heterocycles. The van der Waals surface area contributed by atoms with Crippen LogP contribution >= 0.6 is 11.6 Å². The zero-order valence-electron chi connectivity index (χ0n) is 6.97. The summed E-state index contributed by atoms with van der Waals surface area (Å²) in [7, 11) is 0. The van der Waals surface area contributed by atoms with E-state index in [1.165, 1.54) is 0 Å². The maximum Gasteiger partial charge on any atom is 0.0685 e. The van der Waals surface area contributed by atoms with Crippen molar-refractivity contribution in [2.45, 2.75) is 20.1 Å². The number of aryl methyl sites for hydroxylation is 1. The van der Waals surface area contributed by atoms with Crippen molar-refractivity contribution >= 4 is 11.6 Å². The predicted molar refractivity (Wildman–Crippen MR) is 50.0 cm³/mol. The Balaban J connectivity index is 3.24. The number of aliphatic hydroxyl groups is 1. The van der Waals surface area contributed by atoms with E-state index in [4.69, 9.17) is 22.4 Å². The second-order valence-corrected chi connectivity index (χ2v) is 3.15. The summed E-state index contributed by atoms with van der Waals surface area (Å²) >= 11 is 5.92. The van der Waals surface area contributed by atoms with E-state index in [9.17, 15) is 0 Å². The summed E-state index contributed by atoms with van der Waals surface area (Å²) < 4.78 is 0. The molecule has 0 aliphatic carbocycles. The molecule has 0 fully saturated rings. The Hall–Kier alpha value is -0.570. The minimum absolute atomic E-state index is 0.00602. The van der Waals surface area contributed by atoms with Crippen LogP contribution in [0.2, 0.25) is 5.02 Å². The number of hydrogen-bond acceptors (Lipinski definition) is 2. The normalized spacial score (nSPS) is 10.3. The van der Waals surface area contributed by atoms with Gasteiger partial charge in [-0.05, 0) is 29.7 Å². The SMILES string of the molecule is Cc1cc(Cl)c(CN)c(CO)c1. The van der Waals surface area contributed by atoms with Crippen LogP contribution in [0.15, 0.2) is 12.1 Å². The van der Waals surface area contributed by atoms with Gasteiger partial charge in [0.05, 0.1) is 6.61 Å². The van der Waals surface area contributed by atoms with Crippen LogP contribution in [-0.4, -0.2) is 5.11 Å². The second-order valence-electron chi connectivity index (χ2n) is 2.75. The fraction of sp³-hybridized carbons (Fsp3) is 0.333. The van der Waals surface area contributed by atoms with E-state index in [1.807, 2.05) is 19.1 Å². The summed E-state index contributed by atoms with van der Waals surface area (Å²) in [5.41, 5.74) is 8.18. The molecular formula is C9H12ClNO. The predicted octanol–water partition coefficient (Wildman–Crippen LogP) is 1.60. The first-order valence-corrected chi connectivity index (χ1v) is 4.15. The lowest BCUT2D eigenvalue weighted by atomic mass is 10.1. The standard InChI is InChI=1S/C9H12ClNO/c1-6-2-7(5-12)8(4-11)9(10)3-6/h2-3,12H,4-5,11H2,1H3. The highest BCUT2D eigenvalue weighted by Crippen LogP contribution is 2.21. The molecule has 1 rings (SSSR count). The van der Waals surface area contributed by atoms with Gasteiger partial charge in [0.25, 0.3) is 0 Å². The van der Waals surface area contributed by atoms with Crippen LogP contribution in [0.5, 0.6) is 0 Å². The second kappa shape index (κ2) is 3.90. The minimum Gasteiger partial charge on any atom is -0.392 e. The Labute approximate surface area is 77.0 Å². The first-order valence-electron chi connectivity index (χ1n) is 3.78. The van der Waals surface area contributed by atoms with Crippen molar-refractivity contribution in [3.8, 4) is 0 Å². The molecule has 1 aromatic carbocycles. The van der Waals surface area contributed by atoms with Crippen molar-refractivity contribution < 1.29 is 5.11 Å². The molecular weight excluding hydrogens is 174 g/mol. The summed E-state index contributed by atoms with van der Waals surface area (Å²) in [6.45, 7) is 2.30. The van der Waals surface area contributed by atoms with Crippen molar-refractivity contribution in [2.75, 3.05) is 0 Å². The summed E-state index contributed by atoms with van der Waals surface area (Å²) in [6, 6.07) is 3.75. The molecule has 0 amide bonds. The molecule has 0 radical (unpaired) electrons. The van der Waals surface area contributed by atoms with E-state index in [2.05, 4.69) is 0 Å². The monoisotopic (exact) mass is 185 g/mol. The molecule has 66 valence electrons. The van der Waals surface area contributed by atoms with Crippen molar-refractivity contribution in [1.29, 1.82) is 0 Å². The molecule has 0 saturated carbocycles. The van der Waals surface area contributed by atoms with Gasteiger partial charge in [0, 0.05) is 11.6 Å². The highest BCUT2D eigenvalue weighted by molar-refractivity contribution is 6.31. The van der Waals surface area contributed by atoms with Crippen LogP contribution in [0.25, 0.3) is 0 Å². The summed E-state index contributed by atoms with van der Waals surface area (Å²) in [5, 5.41) is 9.62. The van der Waals surface area contributed by atoms with Crippen LogP contribution in [-0.2, 0) is 13.2 Å². The Morgan fingerprint density at radius 3 is 2.67 bits per heavy atom. The maximum atomic E-state index is 8.98. The molecule has 0 saturated heterocycles. The van der Waals surface area contributed by atoms with Gasteiger partial charge in [-0.1, -0.05) is 17.7 Å². The molecule has 0 heterocycles. The number of benzene rings is 1. The molecule has 2 nitrogen and oxygen atoms in total. The van der Waals surface area contributed by atoms with Crippen LogP contribution in [0.4, 0.5) is 0 Å². The van der Waals surface area contributed by atoms with Gasteiger partial charge in [-0.2, -0.15) is 0 Å². The minimum atomic E-state index is -0.00602. The van der Waals surface area contributed by atoms with E-state index in [0.717, 1.165) is 16.7 Å². The van der Waals surface area contributed by atoms with Gasteiger partial charge in [-0.25, -0.2) is 0 Å². The maximum absolute atomic E-state index is 8.98. The van der Waals surface area contributed by atoms with Crippen molar-refractivity contribution in [3.63, 3.8) is 0 Å². The van der Waals surface area contributed by atoms with Gasteiger partial charge in [-0.15, -0.1) is 0 Å². The number of nitrogens with two attached hydrogens (primary N) is 1. The molecule has 12 heavy (non-hydrogen) atoms. The topological polar surface area (TPSA) is 46.2 Å². The Kier molecular flexibility index (Phi) is 3.09. The first kappa shape index (κ1) is 9.52. The van der Waals surface area contributed by atoms with Crippen molar-refractivity contribution in [2.24, 2.45) is 5.73 Å². The van der Waals surface area contributed by atoms with Crippen molar-refractivity contribution in [1.82, 2.24) is 0 Å². The molecule has 0 atom stereocenters. The molecule has 0 bridgehead atoms. The van der Waals surface area contributed by atoms with E-state index in [-0.39, 0.29) is 6.61 Å². The van der Waals surface area contributed by atoms with Crippen molar-refractivity contribution in [3.05, 3.63) is 33.8 Å². The third kappa shape index (κ3) is 1.78. The number of aliphatic hydroxyl groups excluding tert-OH is 1. The molecule has 3 N–H and O–H groups in total. The van der Waals surface area contributed by atoms with E-state index in [1.54, 1.807) is 0 Å². The fourth-order valence-electron chi connectivity index (χ4n) is 1.21. The van der Waals surface area contributed by atoms with E-state index >= 15 is 0 Å². The smallest absolute Gasteiger partial charge is 0.0685 e. The number of hydrogen-bond donors (Lipinski definition) is 2. The number of halogens is 1. The zero-order chi connectivity index (χ0) is 9.14. The lowest BCUT2D eigenvalue weighted by molar-refractivity contribution is 0.280. The van der Waals surface area contributed by atoms with Crippen LogP contribution in [0.3, 0.4) is 0 Å². The average molecular weight is 186 g/mol. The lowest BCUT2D eigenvalue weighted by Crippen LogP contribution is -2.03. The van der Waals surface area contributed by atoms with Crippen LogP contribution < -0.4 is 5.73 Å². The van der Waals surface area contributed by atoms with Gasteiger partial charge < -0.3 is 10.8 Å². The highest BCUT2D eigenvalue weighted by Gasteiger charge is 2.05. The average Bonchev–Trinajstić information content (AvgIpc) is 2.03.